The van der Waals surface area contributed by atoms with Crippen LogP contribution in [0.3, 0.4) is 0 Å². The third kappa shape index (κ3) is 8.14. The van der Waals surface area contributed by atoms with Crippen LogP contribution < -0.4 is 5.32 Å². The fourth-order valence-electron chi connectivity index (χ4n) is 4.20. The van der Waals surface area contributed by atoms with Crippen LogP contribution in [0.5, 0.6) is 0 Å². The van der Waals surface area contributed by atoms with E-state index in [0.717, 1.165) is 25.1 Å². The largest absolute Gasteiger partial charge is 0.481 e. The van der Waals surface area contributed by atoms with E-state index in [1.807, 2.05) is 11.9 Å². The first-order chi connectivity index (χ1) is 18.4. The molecule has 2 heterocycles. The molecule has 13 heteroatoms. The Hall–Kier alpha value is -3.71. The number of piperazine rings is 1. The lowest BCUT2D eigenvalue weighted by molar-refractivity contribution is -0.143. The highest BCUT2D eigenvalue weighted by Crippen LogP contribution is 2.38. The van der Waals surface area contributed by atoms with Gasteiger partial charge in [0.25, 0.3) is 0 Å². The molecule has 2 aromatic carbocycles. The zero-order chi connectivity index (χ0) is 28.7. The van der Waals surface area contributed by atoms with Gasteiger partial charge in [-0.15, -0.1) is 0 Å². The monoisotopic (exact) mass is 554 g/mol. The summed E-state index contributed by atoms with van der Waals surface area (Å²) in [5.74, 6) is -2.20. The van der Waals surface area contributed by atoms with Gasteiger partial charge in [-0.3, -0.25) is 14.5 Å². The summed E-state index contributed by atoms with van der Waals surface area (Å²) in [6, 6.07) is 7.86. The van der Waals surface area contributed by atoms with Crippen LogP contribution in [0.25, 0.3) is 0 Å². The zero-order valence-electron chi connectivity index (χ0n) is 21.5. The summed E-state index contributed by atoms with van der Waals surface area (Å²) in [4.78, 5) is 28.1. The topological polar surface area (TPSA) is 115 Å². The van der Waals surface area contributed by atoms with Crippen molar-refractivity contribution in [2.45, 2.75) is 31.5 Å². The number of amidine groups is 1. The second-order valence-electron chi connectivity index (χ2n) is 9.13. The van der Waals surface area contributed by atoms with E-state index in [2.05, 4.69) is 15.2 Å². The number of fused-ring (bicyclic) bond motifs is 2. The SMILES string of the molecule is COCC[C@H]1CN(C2=Nc3cc(F)ccc3Nc3ccc(C(F)(F)F)cc32)CCN1C.O=C(O)CCC(=O)O. The quantitative estimate of drug-likeness (QED) is 0.445. The van der Waals surface area contributed by atoms with E-state index in [-0.39, 0.29) is 18.9 Å². The van der Waals surface area contributed by atoms with Crippen LogP contribution >= 0.6 is 0 Å². The minimum Gasteiger partial charge on any atom is -0.481 e. The van der Waals surface area contributed by atoms with Gasteiger partial charge in [0, 0.05) is 56.7 Å². The fourth-order valence-corrected chi connectivity index (χ4v) is 4.20. The van der Waals surface area contributed by atoms with E-state index in [4.69, 9.17) is 14.9 Å². The number of halogens is 4. The van der Waals surface area contributed by atoms with Crippen LogP contribution in [-0.2, 0) is 20.5 Å². The van der Waals surface area contributed by atoms with Crippen molar-refractivity contribution in [3.63, 3.8) is 0 Å². The van der Waals surface area contributed by atoms with Crippen LogP contribution in [0.1, 0.15) is 30.4 Å². The molecule has 0 aliphatic carbocycles. The maximum Gasteiger partial charge on any atom is 0.416 e. The number of rotatable bonds is 6. The standard InChI is InChI=1S/C22H24F4N4O.C4H6O4/c1-29-8-9-30(13-16(29)7-10-31-2)21-17-11-14(22(24,25)26)3-5-18(17)27-19-6-4-15(23)12-20(19)28-21;5-3(6)1-2-4(7)8/h3-6,11-12,16,27H,7-10,13H2,1-2H3;1-2H2,(H,5,6)(H,7,8)/t16-;/m0./s1. The maximum atomic E-state index is 13.9. The van der Waals surface area contributed by atoms with E-state index >= 15 is 0 Å². The first kappa shape index (κ1) is 29.8. The maximum absolute atomic E-state index is 13.9. The van der Waals surface area contributed by atoms with Gasteiger partial charge in [-0.1, -0.05) is 0 Å². The summed E-state index contributed by atoms with van der Waals surface area (Å²) in [7, 11) is 3.66. The number of ether oxygens (including phenoxy) is 1. The van der Waals surface area contributed by atoms with Gasteiger partial charge in [0.1, 0.15) is 11.7 Å². The van der Waals surface area contributed by atoms with E-state index in [1.54, 1.807) is 13.2 Å². The Morgan fingerprint density at radius 2 is 1.74 bits per heavy atom. The van der Waals surface area contributed by atoms with Gasteiger partial charge in [0.05, 0.1) is 29.8 Å². The number of nitrogens with zero attached hydrogens (tertiary/aromatic N) is 3. The molecule has 0 aromatic heterocycles. The third-order valence-corrected chi connectivity index (χ3v) is 6.33. The molecule has 0 saturated carbocycles. The van der Waals surface area contributed by atoms with Crippen molar-refractivity contribution in [3.05, 3.63) is 53.3 Å². The molecule has 2 aliphatic rings. The molecule has 1 atom stereocenters. The summed E-state index contributed by atoms with van der Waals surface area (Å²) in [6.07, 6.45) is -4.28. The Balaban J connectivity index is 0.000000459. The number of carboxylic acid groups (broad SMARTS) is 2. The van der Waals surface area contributed by atoms with Crippen LogP contribution in [0, 0.1) is 5.82 Å². The first-order valence-corrected chi connectivity index (χ1v) is 12.1. The number of hydrogen-bond donors (Lipinski definition) is 3. The highest BCUT2D eigenvalue weighted by atomic mass is 19.4. The van der Waals surface area contributed by atoms with Crippen molar-refractivity contribution >= 4 is 34.8 Å². The number of likely N-dealkylation sites (N-methyl/N-ethyl adjacent to an activating group) is 1. The molecule has 3 N–H and O–H groups in total. The van der Waals surface area contributed by atoms with Gasteiger partial charge in [-0.2, -0.15) is 13.2 Å². The average Bonchev–Trinajstić information content (AvgIpc) is 3.03. The average molecular weight is 555 g/mol. The molecule has 0 amide bonds. The van der Waals surface area contributed by atoms with E-state index in [9.17, 15) is 27.2 Å². The number of aliphatic imine (C=N–C) groups is 1. The van der Waals surface area contributed by atoms with Gasteiger partial charge >= 0.3 is 18.1 Å². The normalized spacial score (nSPS) is 17.0. The Morgan fingerprint density at radius 3 is 2.36 bits per heavy atom. The van der Waals surface area contributed by atoms with Gasteiger partial charge in [0.15, 0.2) is 0 Å². The Labute approximate surface area is 222 Å². The zero-order valence-corrected chi connectivity index (χ0v) is 21.5. The molecule has 212 valence electrons. The van der Waals surface area contributed by atoms with Gasteiger partial charge in [0.2, 0.25) is 0 Å². The minimum absolute atomic E-state index is 0.161. The molecule has 39 heavy (non-hydrogen) atoms. The number of aliphatic carboxylic acids is 2. The molecule has 0 unspecified atom stereocenters. The predicted molar refractivity (Wildman–Crippen MR) is 136 cm³/mol. The van der Waals surface area contributed by atoms with E-state index in [1.165, 1.54) is 18.2 Å². The lowest BCUT2D eigenvalue weighted by Crippen LogP contribution is -2.53. The Bertz CT molecular complexity index is 1210. The van der Waals surface area contributed by atoms with E-state index < -0.39 is 29.5 Å². The van der Waals surface area contributed by atoms with Crippen molar-refractivity contribution in [3.8, 4) is 0 Å². The van der Waals surface area contributed by atoms with Crippen molar-refractivity contribution in [1.82, 2.24) is 9.80 Å². The molecule has 0 spiro atoms. The molecule has 0 radical (unpaired) electrons. The number of methoxy groups -OCH3 is 1. The van der Waals surface area contributed by atoms with Crippen molar-refractivity contribution in [2.75, 3.05) is 45.7 Å². The lowest BCUT2D eigenvalue weighted by atomic mass is 10.0. The highest BCUT2D eigenvalue weighted by Gasteiger charge is 2.34. The second-order valence-corrected chi connectivity index (χ2v) is 9.13. The molecule has 1 fully saturated rings. The number of nitrogens with one attached hydrogen (secondary N) is 1. The molecular formula is C26H30F4N4O5. The molecule has 9 nitrogen and oxygen atoms in total. The summed E-state index contributed by atoms with van der Waals surface area (Å²) in [5.41, 5.74) is 1.00. The van der Waals surface area contributed by atoms with Gasteiger partial charge < -0.3 is 25.2 Å². The smallest absolute Gasteiger partial charge is 0.416 e. The molecular weight excluding hydrogens is 524 g/mol. The van der Waals surface area contributed by atoms with Crippen molar-refractivity contribution in [1.29, 1.82) is 0 Å². The van der Waals surface area contributed by atoms with Crippen LogP contribution in [0.2, 0.25) is 0 Å². The lowest BCUT2D eigenvalue weighted by Gasteiger charge is -2.41. The van der Waals surface area contributed by atoms with E-state index in [0.29, 0.717) is 48.2 Å². The number of carbonyl (C=O) groups is 2. The fraction of sp³-hybridized carbons (Fsp3) is 0.423. The van der Waals surface area contributed by atoms with Crippen molar-refractivity contribution < 1.29 is 42.1 Å². The highest BCUT2D eigenvalue weighted by molar-refractivity contribution is 6.08. The van der Waals surface area contributed by atoms with Crippen molar-refractivity contribution in [2.24, 2.45) is 4.99 Å². The Morgan fingerprint density at radius 1 is 1.08 bits per heavy atom. The van der Waals surface area contributed by atoms with Crippen LogP contribution in [0.4, 0.5) is 34.6 Å². The third-order valence-electron chi connectivity index (χ3n) is 6.33. The molecule has 0 bridgehead atoms. The summed E-state index contributed by atoms with van der Waals surface area (Å²) >= 11 is 0. The molecule has 4 rings (SSSR count). The Kier molecular flexibility index (Phi) is 9.86. The summed E-state index contributed by atoms with van der Waals surface area (Å²) < 4.78 is 59.5. The molecule has 2 aliphatic heterocycles. The van der Waals surface area contributed by atoms with Gasteiger partial charge in [-0.05, 0) is 43.8 Å². The van der Waals surface area contributed by atoms with Crippen LogP contribution in [0.15, 0.2) is 41.4 Å². The summed E-state index contributed by atoms with van der Waals surface area (Å²) in [5, 5.41) is 18.9. The number of hydrogen-bond acceptors (Lipinski definition) is 7. The summed E-state index contributed by atoms with van der Waals surface area (Å²) in [6.45, 7) is 2.49. The minimum atomic E-state index is -4.48. The van der Waals surface area contributed by atoms with Gasteiger partial charge in [-0.25, -0.2) is 9.38 Å². The number of alkyl halides is 3. The predicted octanol–water partition coefficient (Wildman–Crippen LogP) is 4.57. The number of anilines is 2. The second kappa shape index (κ2) is 12.9. The number of carboxylic acids is 2. The number of benzene rings is 2. The first-order valence-electron chi connectivity index (χ1n) is 12.1. The molecule has 2 aromatic rings. The van der Waals surface area contributed by atoms with Crippen LogP contribution in [-0.4, -0.2) is 84.2 Å². The molecule has 1 saturated heterocycles.